The zero-order chi connectivity index (χ0) is 11.7. The van der Waals surface area contributed by atoms with Crippen LogP contribution in [0.1, 0.15) is 12.8 Å². The number of H-pyrrole nitrogens is 1. The van der Waals surface area contributed by atoms with Crippen molar-refractivity contribution in [2.24, 2.45) is 0 Å². The average Bonchev–Trinajstić information content (AvgIpc) is 2.99. The van der Waals surface area contributed by atoms with Gasteiger partial charge >= 0.3 is 0 Å². The molecule has 1 aliphatic rings. The van der Waals surface area contributed by atoms with Gasteiger partial charge in [0.05, 0.1) is 6.20 Å². The highest BCUT2D eigenvalue weighted by atomic mass is 15.1. The van der Waals surface area contributed by atoms with Gasteiger partial charge in [-0.15, -0.1) is 0 Å². The van der Waals surface area contributed by atoms with Crippen molar-refractivity contribution in [3.05, 3.63) is 30.5 Å². The Hall–Kier alpha value is -1.97. The van der Waals surface area contributed by atoms with Crippen LogP contribution in [0.15, 0.2) is 30.5 Å². The van der Waals surface area contributed by atoms with Crippen LogP contribution in [0.5, 0.6) is 0 Å². The van der Waals surface area contributed by atoms with Gasteiger partial charge in [-0.05, 0) is 30.5 Å². The predicted molar refractivity (Wildman–Crippen MR) is 69.9 cm³/mol. The summed E-state index contributed by atoms with van der Waals surface area (Å²) in [6.07, 6.45) is 4.36. The fraction of sp³-hybridized carbons (Fsp3) is 0.308. The third kappa shape index (κ3) is 1.86. The van der Waals surface area contributed by atoms with E-state index >= 15 is 0 Å². The highest BCUT2D eigenvalue weighted by Gasteiger charge is 2.13. The minimum atomic E-state index is 0.628. The zero-order valence-corrected chi connectivity index (χ0v) is 9.69. The number of nitrogen functional groups attached to an aromatic ring is 1. The van der Waals surface area contributed by atoms with Crippen LogP contribution >= 0.6 is 0 Å². The van der Waals surface area contributed by atoms with E-state index in [4.69, 9.17) is 5.73 Å². The average molecular weight is 228 g/mol. The van der Waals surface area contributed by atoms with Crippen LogP contribution in [-0.4, -0.2) is 23.3 Å². The SMILES string of the molecule is Nc1[nH]ncc1-c1cccc(N2CCCC2)c1. The lowest BCUT2D eigenvalue weighted by atomic mass is 10.1. The molecule has 4 nitrogen and oxygen atoms in total. The van der Waals surface area contributed by atoms with Crippen molar-refractivity contribution in [3.63, 3.8) is 0 Å². The number of nitrogens with one attached hydrogen (secondary N) is 1. The molecule has 1 aliphatic heterocycles. The number of nitrogens with two attached hydrogens (primary N) is 1. The van der Waals surface area contributed by atoms with Gasteiger partial charge in [0.1, 0.15) is 5.82 Å². The summed E-state index contributed by atoms with van der Waals surface area (Å²) in [6, 6.07) is 8.49. The second-order valence-electron chi connectivity index (χ2n) is 4.44. The largest absolute Gasteiger partial charge is 0.384 e. The standard InChI is InChI=1S/C13H16N4/c14-13-12(9-15-16-13)10-4-3-5-11(8-10)17-6-1-2-7-17/h3-5,8-9H,1-2,6-7H2,(H3,14,15,16). The summed E-state index contributed by atoms with van der Waals surface area (Å²) in [7, 11) is 0. The summed E-state index contributed by atoms with van der Waals surface area (Å²) in [5, 5.41) is 6.73. The zero-order valence-electron chi connectivity index (χ0n) is 9.69. The van der Waals surface area contributed by atoms with Crippen molar-refractivity contribution < 1.29 is 0 Å². The molecule has 3 N–H and O–H groups in total. The van der Waals surface area contributed by atoms with E-state index < -0.39 is 0 Å². The first kappa shape index (κ1) is 10.2. The lowest BCUT2D eigenvalue weighted by Gasteiger charge is -2.18. The molecule has 0 aliphatic carbocycles. The third-order valence-corrected chi connectivity index (χ3v) is 3.30. The van der Waals surface area contributed by atoms with Gasteiger partial charge in [0.15, 0.2) is 0 Å². The van der Waals surface area contributed by atoms with Crippen LogP contribution in [0.2, 0.25) is 0 Å². The molecule has 1 fully saturated rings. The van der Waals surface area contributed by atoms with Crippen LogP contribution in [0.25, 0.3) is 11.1 Å². The molecule has 0 saturated carbocycles. The molecular weight excluding hydrogens is 212 g/mol. The minimum Gasteiger partial charge on any atom is -0.384 e. The number of aromatic nitrogens is 2. The molecule has 1 aromatic carbocycles. The van der Waals surface area contributed by atoms with E-state index in [-0.39, 0.29) is 0 Å². The molecule has 88 valence electrons. The van der Waals surface area contributed by atoms with Crippen LogP contribution < -0.4 is 10.6 Å². The molecule has 0 amide bonds. The van der Waals surface area contributed by atoms with E-state index in [0.717, 1.165) is 24.2 Å². The molecule has 0 atom stereocenters. The van der Waals surface area contributed by atoms with Gasteiger partial charge in [0, 0.05) is 24.3 Å². The quantitative estimate of drug-likeness (QED) is 0.829. The first-order chi connectivity index (χ1) is 8.34. The number of anilines is 2. The predicted octanol–water partition coefficient (Wildman–Crippen LogP) is 2.26. The molecule has 2 aromatic rings. The summed E-state index contributed by atoms with van der Waals surface area (Å²) >= 11 is 0. The van der Waals surface area contributed by atoms with E-state index in [1.807, 2.05) is 0 Å². The fourth-order valence-electron chi connectivity index (χ4n) is 2.37. The number of nitrogens with zero attached hydrogens (tertiary/aromatic N) is 2. The van der Waals surface area contributed by atoms with E-state index in [1.54, 1.807) is 6.20 Å². The molecule has 3 rings (SSSR count). The molecule has 0 unspecified atom stereocenters. The molecular formula is C13H16N4. The summed E-state index contributed by atoms with van der Waals surface area (Å²) in [5.74, 6) is 0.628. The van der Waals surface area contributed by atoms with Crippen LogP contribution in [0, 0.1) is 0 Å². The van der Waals surface area contributed by atoms with Gasteiger partial charge in [-0.3, -0.25) is 5.10 Å². The molecule has 17 heavy (non-hydrogen) atoms. The van der Waals surface area contributed by atoms with Crippen molar-refractivity contribution >= 4 is 11.5 Å². The van der Waals surface area contributed by atoms with Crippen molar-refractivity contribution in [2.45, 2.75) is 12.8 Å². The van der Waals surface area contributed by atoms with Crippen molar-refractivity contribution in [3.8, 4) is 11.1 Å². The summed E-state index contributed by atoms with van der Waals surface area (Å²) in [4.78, 5) is 2.42. The Kier molecular flexibility index (Phi) is 2.48. The fourth-order valence-corrected chi connectivity index (χ4v) is 2.37. The van der Waals surface area contributed by atoms with E-state index in [0.29, 0.717) is 5.82 Å². The molecule has 0 spiro atoms. The topological polar surface area (TPSA) is 57.9 Å². The summed E-state index contributed by atoms with van der Waals surface area (Å²) in [6.45, 7) is 2.31. The number of hydrogen-bond donors (Lipinski definition) is 2. The maximum absolute atomic E-state index is 5.84. The second kappa shape index (κ2) is 4.13. The maximum Gasteiger partial charge on any atom is 0.126 e. The Labute approximate surface area is 100 Å². The van der Waals surface area contributed by atoms with E-state index in [9.17, 15) is 0 Å². The molecule has 0 radical (unpaired) electrons. The van der Waals surface area contributed by atoms with Crippen molar-refractivity contribution in [1.82, 2.24) is 10.2 Å². The summed E-state index contributed by atoms with van der Waals surface area (Å²) < 4.78 is 0. The molecule has 2 heterocycles. The lowest BCUT2D eigenvalue weighted by Crippen LogP contribution is -2.17. The van der Waals surface area contributed by atoms with Gasteiger partial charge in [-0.1, -0.05) is 12.1 Å². The van der Waals surface area contributed by atoms with Crippen LogP contribution in [-0.2, 0) is 0 Å². The first-order valence-corrected chi connectivity index (χ1v) is 5.99. The highest BCUT2D eigenvalue weighted by molar-refractivity contribution is 5.75. The highest BCUT2D eigenvalue weighted by Crippen LogP contribution is 2.28. The van der Waals surface area contributed by atoms with E-state index in [2.05, 4.69) is 39.4 Å². The molecule has 1 aromatic heterocycles. The summed E-state index contributed by atoms with van der Waals surface area (Å²) in [5.41, 5.74) is 9.23. The minimum absolute atomic E-state index is 0.628. The Balaban J connectivity index is 1.96. The Morgan fingerprint density at radius 2 is 2.06 bits per heavy atom. The maximum atomic E-state index is 5.84. The van der Waals surface area contributed by atoms with Gasteiger partial charge in [-0.25, -0.2) is 0 Å². The van der Waals surface area contributed by atoms with E-state index in [1.165, 1.54) is 18.5 Å². The van der Waals surface area contributed by atoms with Gasteiger partial charge < -0.3 is 10.6 Å². The normalized spacial score (nSPS) is 15.4. The smallest absolute Gasteiger partial charge is 0.126 e. The first-order valence-electron chi connectivity index (χ1n) is 5.99. The van der Waals surface area contributed by atoms with Crippen molar-refractivity contribution in [1.29, 1.82) is 0 Å². The number of hydrogen-bond acceptors (Lipinski definition) is 3. The monoisotopic (exact) mass is 228 g/mol. The molecule has 0 bridgehead atoms. The third-order valence-electron chi connectivity index (χ3n) is 3.30. The number of aromatic amines is 1. The van der Waals surface area contributed by atoms with Crippen LogP contribution in [0.4, 0.5) is 11.5 Å². The Morgan fingerprint density at radius 1 is 1.24 bits per heavy atom. The number of benzene rings is 1. The van der Waals surface area contributed by atoms with Gasteiger partial charge in [0.2, 0.25) is 0 Å². The van der Waals surface area contributed by atoms with Crippen molar-refractivity contribution in [2.75, 3.05) is 23.7 Å². The molecule has 4 heteroatoms. The second-order valence-corrected chi connectivity index (χ2v) is 4.44. The Morgan fingerprint density at radius 3 is 2.76 bits per heavy atom. The van der Waals surface area contributed by atoms with Gasteiger partial charge in [0.25, 0.3) is 0 Å². The number of rotatable bonds is 2. The Bertz CT molecular complexity index is 512. The molecule has 1 saturated heterocycles. The van der Waals surface area contributed by atoms with Crippen LogP contribution in [0.3, 0.4) is 0 Å². The van der Waals surface area contributed by atoms with Gasteiger partial charge in [-0.2, -0.15) is 5.10 Å². The lowest BCUT2D eigenvalue weighted by molar-refractivity contribution is 0.949.